The molecule has 0 spiro atoms. The fourth-order valence-electron chi connectivity index (χ4n) is 5.05. The van der Waals surface area contributed by atoms with Gasteiger partial charge in [-0.1, -0.05) is 13.0 Å². The molecule has 0 radical (unpaired) electrons. The lowest BCUT2D eigenvalue weighted by molar-refractivity contribution is -0.106. The predicted octanol–water partition coefficient (Wildman–Crippen LogP) is 2.92. The first kappa shape index (κ1) is 20.6. The van der Waals surface area contributed by atoms with Crippen molar-refractivity contribution in [2.24, 2.45) is 11.8 Å². The molecule has 1 saturated carbocycles. The summed E-state index contributed by atoms with van der Waals surface area (Å²) in [6, 6.07) is 8.53. The first-order valence-electron chi connectivity index (χ1n) is 11.2. The van der Waals surface area contributed by atoms with Crippen LogP contribution in [-0.4, -0.2) is 50.3 Å². The molecule has 0 bridgehead atoms. The Balaban J connectivity index is 1.58. The maximum Gasteiger partial charge on any atom is 0.223 e. The molecule has 3 atom stereocenters. The van der Waals surface area contributed by atoms with Gasteiger partial charge in [-0.3, -0.25) is 4.68 Å². The van der Waals surface area contributed by atoms with Crippen molar-refractivity contribution in [2.45, 2.75) is 38.4 Å². The Hall–Kier alpha value is -3.26. The van der Waals surface area contributed by atoms with Gasteiger partial charge in [0.15, 0.2) is 0 Å². The normalized spacial score (nSPS) is 22.4. The number of anilines is 2. The zero-order valence-electron chi connectivity index (χ0n) is 18.1. The Morgan fingerprint density at radius 2 is 2.03 bits per heavy atom. The molecule has 1 aliphatic heterocycles. The summed E-state index contributed by atoms with van der Waals surface area (Å²) >= 11 is 0. The van der Waals surface area contributed by atoms with E-state index in [1.165, 1.54) is 12.8 Å². The third-order valence-corrected chi connectivity index (χ3v) is 6.62. The van der Waals surface area contributed by atoms with Crippen LogP contribution in [0.4, 0.5) is 11.6 Å². The fraction of sp³-hybridized carbons (Fsp3) is 0.417. The average molecular weight is 433 g/mol. The minimum Gasteiger partial charge on any atom is -0.394 e. The highest BCUT2D eigenvalue weighted by Gasteiger charge is 2.46. The lowest BCUT2D eigenvalue weighted by atomic mass is 9.79. The summed E-state index contributed by atoms with van der Waals surface area (Å²) in [5.74, 6) is 1.48. The highest BCUT2D eigenvalue weighted by Crippen LogP contribution is 2.50. The highest BCUT2D eigenvalue weighted by atomic mass is 16.3. The molecule has 3 heterocycles. The van der Waals surface area contributed by atoms with E-state index in [0.717, 1.165) is 28.7 Å². The molecule has 0 unspecified atom stereocenters. The zero-order chi connectivity index (χ0) is 22.1. The van der Waals surface area contributed by atoms with E-state index < -0.39 is 0 Å². The van der Waals surface area contributed by atoms with Gasteiger partial charge < -0.3 is 20.1 Å². The number of fused-ring (bicyclic) bond motifs is 1. The van der Waals surface area contributed by atoms with E-state index in [-0.39, 0.29) is 18.6 Å². The molecule has 8 heteroatoms. The van der Waals surface area contributed by atoms with Gasteiger partial charge in [-0.2, -0.15) is 5.10 Å². The van der Waals surface area contributed by atoms with Gasteiger partial charge in [0.25, 0.3) is 0 Å². The van der Waals surface area contributed by atoms with E-state index in [9.17, 15) is 9.90 Å². The van der Waals surface area contributed by atoms with Crippen LogP contribution in [0.2, 0.25) is 0 Å². The molecule has 2 N–H and O–H groups in total. The largest absolute Gasteiger partial charge is 0.394 e. The minimum atomic E-state index is 0.0216. The summed E-state index contributed by atoms with van der Waals surface area (Å²) in [5, 5.41) is 17.1. The number of nitrogens with one attached hydrogen (secondary N) is 1. The van der Waals surface area contributed by atoms with Crippen LogP contribution in [-0.2, 0) is 11.3 Å². The molecule has 0 saturated heterocycles. The monoisotopic (exact) mass is 432 g/mol. The molecule has 166 valence electrons. The summed E-state index contributed by atoms with van der Waals surface area (Å²) in [4.78, 5) is 22.7. The predicted molar refractivity (Wildman–Crippen MR) is 122 cm³/mol. The second-order valence-electron chi connectivity index (χ2n) is 8.69. The zero-order valence-corrected chi connectivity index (χ0v) is 18.1. The lowest BCUT2D eigenvalue weighted by Gasteiger charge is -2.46. The Labute approximate surface area is 187 Å². The number of aliphatic hydroxyl groups is 1. The van der Waals surface area contributed by atoms with Gasteiger partial charge in [-0.15, -0.1) is 0 Å². The maximum absolute atomic E-state index is 11.6. The maximum atomic E-state index is 11.6. The smallest absolute Gasteiger partial charge is 0.223 e. The third kappa shape index (κ3) is 3.86. The van der Waals surface area contributed by atoms with Gasteiger partial charge in [-0.25, -0.2) is 9.97 Å². The number of rotatable bonds is 8. The van der Waals surface area contributed by atoms with Gasteiger partial charge in [0, 0.05) is 41.8 Å². The van der Waals surface area contributed by atoms with E-state index in [4.69, 9.17) is 0 Å². The van der Waals surface area contributed by atoms with Crippen LogP contribution in [0.3, 0.4) is 0 Å². The standard InChI is InChI=1S/C24H28N6O2/c1-16-22(28-24-25-7-2-8-26-24)20-13-18(19-14-27-29(15-19)9-11-31)5-6-21(20)30(10-12-32)23(16)17-3-4-17/h2,5-8,12-17,22-23,31H,3-4,9-11H2,1H3,(H,25,26,28)/t16-,22-,23-/m1/s1. The van der Waals surface area contributed by atoms with Gasteiger partial charge in [0.2, 0.25) is 5.95 Å². The van der Waals surface area contributed by atoms with Gasteiger partial charge in [-0.05, 0) is 48.1 Å². The molecule has 1 aliphatic carbocycles. The first-order valence-corrected chi connectivity index (χ1v) is 11.2. The number of benzene rings is 1. The first-order chi connectivity index (χ1) is 15.7. The molecule has 1 aromatic carbocycles. The summed E-state index contributed by atoms with van der Waals surface area (Å²) < 4.78 is 1.74. The molecule has 0 amide bonds. The van der Waals surface area contributed by atoms with Crippen LogP contribution >= 0.6 is 0 Å². The minimum absolute atomic E-state index is 0.0216. The van der Waals surface area contributed by atoms with Crippen LogP contribution in [0.15, 0.2) is 49.1 Å². The number of carbonyl (C=O) groups excluding carboxylic acids is 1. The van der Waals surface area contributed by atoms with Crippen molar-refractivity contribution in [3.63, 3.8) is 0 Å². The third-order valence-electron chi connectivity index (χ3n) is 6.62. The van der Waals surface area contributed by atoms with Crippen molar-refractivity contribution in [1.82, 2.24) is 19.7 Å². The van der Waals surface area contributed by atoms with E-state index in [1.54, 1.807) is 17.1 Å². The van der Waals surface area contributed by atoms with E-state index in [2.05, 4.69) is 50.4 Å². The van der Waals surface area contributed by atoms with Crippen molar-refractivity contribution in [3.05, 3.63) is 54.6 Å². The van der Waals surface area contributed by atoms with Crippen LogP contribution in [0, 0.1) is 11.8 Å². The van der Waals surface area contributed by atoms with Crippen molar-refractivity contribution in [2.75, 3.05) is 23.4 Å². The van der Waals surface area contributed by atoms with Crippen molar-refractivity contribution in [3.8, 4) is 11.1 Å². The Bertz CT molecular complexity index is 1080. The highest BCUT2D eigenvalue weighted by molar-refractivity contribution is 5.73. The molecule has 5 rings (SSSR count). The van der Waals surface area contributed by atoms with E-state index in [0.29, 0.717) is 31.0 Å². The quantitative estimate of drug-likeness (QED) is 0.528. The summed E-state index contributed by atoms with van der Waals surface area (Å²) in [5.41, 5.74) is 4.27. The van der Waals surface area contributed by atoms with Gasteiger partial charge >= 0.3 is 0 Å². The SMILES string of the molecule is C[C@@H]1[C@@H](Nc2ncccn2)c2cc(-c3cnn(CCO)c3)ccc2N(CC=O)[C@H]1C1CC1. The summed E-state index contributed by atoms with van der Waals surface area (Å²) in [6.07, 6.45) is 10.7. The number of aromatic nitrogens is 4. The molecule has 1 fully saturated rings. The van der Waals surface area contributed by atoms with E-state index in [1.807, 2.05) is 18.5 Å². The molecule has 8 nitrogen and oxygen atoms in total. The molecule has 32 heavy (non-hydrogen) atoms. The summed E-state index contributed by atoms with van der Waals surface area (Å²) in [7, 11) is 0. The molecular weight excluding hydrogens is 404 g/mol. The number of aliphatic hydroxyl groups excluding tert-OH is 1. The van der Waals surface area contributed by atoms with Gasteiger partial charge in [0.1, 0.15) is 6.29 Å². The topological polar surface area (TPSA) is 96.2 Å². The molecular formula is C24H28N6O2. The second kappa shape index (κ2) is 8.70. The Kier molecular flexibility index (Phi) is 5.61. The lowest BCUT2D eigenvalue weighted by Crippen LogP contribution is -2.50. The van der Waals surface area contributed by atoms with Crippen molar-refractivity contribution >= 4 is 17.9 Å². The Morgan fingerprint density at radius 1 is 1.22 bits per heavy atom. The van der Waals surface area contributed by atoms with Crippen molar-refractivity contribution in [1.29, 1.82) is 0 Å². The van der Waals surface area contributed by atoms with E-state index >= 15 is 0 Å². The number of carbonyl (C=O) groups is 1. The van der Waals surface area contributed by atoms with Crippen LogP contribution < -0.4 is 10.2 Å². The molecule has 2 aromatic heterocycles. The molecule has 3 aromatic rings. The van der Waals surface area contributed by atoms with Crippen LogP contribution in [0.1, 0.15) is 31.4 Å². The second-order valence-corrected chi connectivity index (χ2v) is 8.69. The van der Waals surface area contributed by atoms with Crippen LogP contribution in [0.25, 0.3) is 11.1 Å². The number of nitrogens with zero attached hydrogens (tertiary/aromatic N) is 5. The average Bonchev–Trinajstić information content (AvgIpc) is 3.54. The number of aldehydes is 1. The fourth-order valence-corrected chi connectivity index (χ4v) is 5.05. The Morgan fingerprint density at radius 3 is 2.75 bits per heavy atom. The summed E-state index contributed by atoms with van der Waals surface area (Å²) in [6.45, 7) is 3.17. The number of hydrogen-bond acceptors (Lipinski definition) is 7. The van der Waals surface area contributed by atoms with Gasteiger partial charge in [0.05, 0.1) is 31.9 Å². The van der Waals surface area contributed by atoms with Crippen molar-refractivity contribution < 1.29 is 9.90 Å². The van der Waals surface area contributed by atoms with Crippen LogP contribution in [0.5, 0.6) is 0 Å². The number of hydrogen-bond donors (Lipinski definition) is 2. The molecule has 2 aliphatic rings.